The molecule has 1 aliphatic heterocycles. The summed E-state index contributed by atoms with van der Waals surface area (Å²) in [6.45, 7) is 5.19. The fraction of sp³-hybridized carbons (Fsp3) is 0.636. The van der Waals surface area contributed by atoms with E-state index in [1.807, 2.05) is 4.90 Å². The number of piperidine rings is 1. The van der Waals surface area contributed by atoms with Crippen molar-refractivity contribution in [2.45, 2.75) is 12.8 Å². The number of esters is 1. The maximum atomic E-state index is 11.3. The molecule has 1 rings (SSSR count). The molecule has 98 valence electrons. The minimum atomic E-state index is -0.742. The number of ether oxygens (including phenoxy) is 1. The summed E-state index contributed by atoms with van der Waals surface area (Å²) >= 11 is 0. The van der Waals surface area contributed by atoms with Gasteiger partial charge < -0.3 is 9.84 Å². The quantitative estimate of drug-likeness (QED) is 0.591. The summed E-state index contributed by atoms with van der Waals surface area (Å²) in [4.78, 5) is 23.9. The first-order valence-electron chi connectivity index (χ1n) is 5.35. The SMILES string of the molecule is C=CCOC(=O)CN1CCC(C(=O)O)CC1.Cl. The Balaban J connectivity index is 0.00000256. The minimum Gasteiger partial charge on any atom is -0.481 e. The van der Waals surface area contributed by atoms with E-state index in [0.29, 0.717) is 25.9 Å². The molecule has 1 saturated heterocycles. The van der Waals surface area contributed by atoms with Gasteiger partial charge in [-0.25, -0.2) is 0 Å². The number of nitrogens with zero attached hydrogens (tertiary/aromatic N) is 1. The highest BCUT2D eigenvalue weighted by atomic mass is 35.5. The highest BCUT2D eigenvalue weighted by molar-refractivity contribution is 5.85. The number of halogens is 1. The molecule has 0 aromatic carbocycles. The normalized spacial score (nSPS) is 16.9. The Labute approximate surface area is 107 Å². The van der Waals surface area contributed by atoms with Crippen molar-refractivity contribution in [1.82, 2.24) is 4.90 Å². The molecule has 0 amide bonds. The van der Waals surface area contributed by atoms with Gasteiger partial charge in [-0.3, -0.25) is 14.5 Å². The monoisotopic (exact) mass is 263 g/mol. The summed E-state index contributed by atoms with van der Waals surface area (Å²) in [5, 5.41) is 8.80. The van der Waals surface area contributed by atoms with Crippen molar-refractivity contribution < 1.29 is 19.4 Å². The lowest BCUT2D eigenvalue weighted by atomic mass is 9.97. The van der Waals surface area contributed by atoms with E-state index < -0.39 is 5.97 Å². The second-order valence-electron chi connectivity index (χ2n) is 3.86. The maximum absolute atomic E-state index is 11.3. The van der Waals surface area contributed by atoms with Gasteiger partial charge in [0.05, 0.1) is 12.5 Å². The lowest BCUT2D eigenvalue weighted by Gasteiger charge is -2.28. The van der Waals surface area contributed by atoms with E-state index in [4.69, 9.17) is 9.84 Å². The zero-order valence-corrected chi connectivity index (χ0v) is 10.4. The van der Waals surface area contributed by atoms with Crippen molar-refractivity contribution in [2.24, 2.45) is 5.92 Å². The number of hydrogen-bond acceptors (Lipinski definition) is 4. The van der Waals surface area contributed by atoms with Crippen LogP contribution in [-0.2, 0) is 14.3 Å². The number of carboxylic acid groups (broad SMARTS) is 1. The van der Waals surface area contributed by atoms with Gasteiger partial charge in [0.1, 0.15) is 6.61 Å². The second kappa shape index (κ2) is 8.08. The van der Waals surface area contributed by atoms with Gasteiger partial charge in [0, 0.05) is 0 Å². The summed E-state index contributed by atoms with van der Waals surface area (Å²) in [6.07, 6.45) is 2.72. The average molecular weight is 264 g/mol. The van der Waals surface area contributed by atoms with Crippen molar-refractivity contribution in [2.75, 3.05) is 26.2 Å². The molecule has 0 aromatic rings. The van der Waals surface area contributed by atoms with Crippen LogP contribution < -0.4 is 0 Å². The molecule has 0 bridgehead atoms. The van der Waals surface area contributed by atoms with Crippen molar-refractivity contribution in [3.8, 4) is 0 Å². The van der Waals surface area contributed by atoms with Gasteiger partial charge in [0.15, 0.2) is 0 Å². The standard InChI is InChI=1S/C11H17NO4.ClH/c1-2-7-16-10(13)8-12-5-3-9(4-6-12)11(14)15;/h2,9H,1,3-8H2,(H,14,15);1H. The fourth-order valence-corrected chi connectivity index (χ4v) is 1.72. The molecule has 0 spiro atoms. The number of likely N-dealkylation sites (tertiary alicyclic amines) is 1. The molecule has 5 nitrogen and oxygen atoms in total. The van der Waals surface area contributed by atoms with E-state index in [-0.39, 0.29) is 37.4 Å². The average Bonchev–Trinajstić information content (AvgIpc) is 2.27. The van der Waals surface area contributed by atoms with Crippen LogP contribution in [0.15, 0.2) is 12.7 Å². The number of hydrogen-bond donors (Lipinski definition) is 1. The number of rotatable bonds is 5. The Kier molecular flexibility index (Phi) is 7.58. The Bertz CT molecular complexity index is 275. The lowest BCUT2D eigenvalue weighted by Crippen LogP contribution is -2.39. The summed E-state index contributed by atoms with van der Waals surface area (Å²) in [5.74, 6) is -1.29. The lowest BCUT2D eigenvalue weighted by molar-refractivity contribution is -0.145. The molecule has 0 radical (unpaired) electrons. The molecule has 1 heterocycles. The molecule has 0 atom stereocenters. The highest BCUT2D eigenvalue weighted by Gasteiger charge is 2.25. The van der Waals surface area contributed by atoms with Crippen molar-refractivity contribution in [3.05, 3.63) is 12.7 Å². The van der Waals surface area contributed by atoms with E-state index in [1.54, 1.807) is 0 Å². The fourth-order valence-electron chi connectivity index (χ4n) is 1.72. The molecular formula is C11H18ClNO4. The highest BCUT2D eigenvalue weighted by Crippen LogP contribution is 2.16. The Morgan fingerprint density at radius 3 is 2.47 bits per heavy atom. The second-order valence-corrected chi connectivity index (χ2v) is 3.86. The van der Waals surface area contributed by atoms with Crippen LogP contribution in [-0.4, -0.2) is 48.2 Å². The zero-order chi connectivity index (χ0) is 12.0. The number of carbonyl (C=O) groups is 2. The van der Waals surface area contributed by atoms with Crippen LogP contribution in [0.4, 0.5) is 0 Å². The van der Waals surface area contributed by atoms with Gasteiger partial charge in [-0.05, 0) is 25.9 Å². The van der Waals surface area contributed by atoms with Gasteiger partial charge in [-0.2, -0.15) is 0 Å². The molecule has 0 saturated carbocycles. The number of carbonyl (C=O) groups excluding carboxylic acids is 1. The van der Waals surface area contributed by atoms with E-state index in [0.717, 1.165) is 0 Å². The predicted octanol–water partition coefficient (Wildman–Crippen LogP) is 0.934. The third-order valence-electron chi connectivity index (χ3n) is 2.65. The molecular weight excluding hydrogens is 246 g/mol. The number of aliphatic carboxylic acids is 1. The van der Waals surface area contributed by atoms with Gasteiger partial charge in [0.2, 0.25) is 0 Å². The summed E-state index contributed by atoms with van der Waals surface area (Å²) in [6, 6.07) is 0. The third-order valence-corrected chi connectivity index (χ3v) is 2.65. The van der Waals surface area contributed by atoms with E-state index in [1.165, 1.54) is 6.08 Å². The first kappa shape index (κ1) is 15.9. The number of carboxylic acids is 1. The van der Waals surface area contributed by atoms with Crippen molar-refractivity contribution in [3.63, 3.8) is 0 Å². The van der Waals surface area contributed by atoms with Gasteiger partial charge in [0.25, 0.3) is 0 Å². The van der Waals surface area contributed by atoms with E-state index in [2.05, 4.69) is 6.58 Å². The van der Waals surface area contributed by atoms with Gasteiger partial charge >= 0.3 is 11.9 Å². The van der Waals surface area contributed by atoms with Gasteiger partial charge in [-0.1, -0.05) is 12.7 Å². The Morgan fingerprint density at radius 2 is 2.00 bits per heavy atom. The molecule has 6 heteroatoms. The van der Waals surface area contributed by atoms with Crippen molar-refractivity contribution >= 4 is 24.3 Å². The summed E-state index contributed by atoms with van der Waals surface area (Å²) < 4.78 is 4.85. The zero-order valence-electron chi connectivity index (χ0n) is 9.63. The topological polar surface area (TPSA) is 66.8 Å². The summed E-state index contributed by atoms with van der Waals surface area (Å²) in [7, 11) is 0. The third kappa shape index (κ3) is 5.70. The van der Waals surface area contributed by atoms with Gasteiger partial charge in [-0.15, -0.1) is 12.4 Å². The van der Waals surface area contributed by atoms with E-state index >= 15 is 0 Å². The molecule has 0 aliphatic carbocycles. The predicted molar refractivity (Wildman–Crippen MR) is 65.2 cm³/mol. The minimum absolute atomic E-state index is 0. The van der Waals surface area contributed by atoms with Crippen molar-refractivity contribution in [1.29, 1.82) is 0 Å². The molecule has 1 fully saturated rings. The Morgan fingerprint density at radius 1 is 1.41 bits per heavy atom. The molecule has 0 unspecified atom stereocenters. The molecule has 0 aromatic heterocycles. The molecule has 1 aliphatic rings. The first-order chi connectivity index (χ1) is 7.63. The van der Waals surface area contributed by atoms with Crippen LogP contribution in [0.1, 0.15) is 12.8 Å². The smallest absolute Gasteiger partial charge is 0.320 e. The van der Waals surface area contributed by atoms with Crippen LogP contribution in [0.2, 0.25) is 0 Å². The molecule has 1 N–H and O–H groups in total. The summed E-state index contributed by atoms with van der Waals surface area (Å²) in [5.41, 5.74) is 0. The maximum Gasteiger partial charge on any atom is 0.320 e. The van der Waals surface area contributed by atoms with Crippen LogP contribution in [0, 0.1) is 5.92 Å². The first-order valence-corrected chi connectivity index (χ1v) is 5.35. The van der Waals surface area contributed by atoms with Crippen LogP contribution >= 0.6 is 12.4 Å². The van der Waals surface area contributed by atoms with Crippen LogP contribution in [0.25, 0.3) is 0 Å². The van der Waals surface area contributed by atoms with Crippen LogP contribution in [0.3, 0.4) is 0 Å². The van der Waals surface area contributed by atoms with E-state index in [9.17, 15) is 9.59 Å². The Hall–Kier alpha value is -1.07. The molecule has 17 heavy (non-hydrogen) atoms. The van der Waals surface area contributed by atoms with Crippen LogP contribution in [0.5, 0.6) is 0 Å². The largest absolute Gasteiger partial charge is 0.481 e.